The first kappa shape index (κ1) is 27.1. The van der Waals surface area contributed by atoms with E-state index in [0.29, 0.717) is 41.7 Å². The number of urea groups is 1. The van der Waals surface area contributed by atoms with Gasteiger partial charge in [0.2, 0.25) is 11.8 Å². The van der Waals surface area contributed by atoms with Crippen LogP contribution in [-0.4, -0.2) is 70.5 Å². The number of amides is 3. The van der Waals surface area contributed by atoms with E-state index < -0.39 is 6.67 Å². The molecule has 0 unspecified atom stereocenters. The van der Waals surface area contributed by atoms with E-state index in [9.17, 15) is 14.0 Å². The number of piperazine rings is 1. The van der Waals surface area contributed by atoms with E-state index in [4.69, 9.17) is 4.74 Å². The van der Waals surface area contributed by atoms with Gasteiger partial charge < -0.3 is 15.4 Å². The Labute approximate surface area is 238 Å². The van der Waals surface area contributed by atoms with Crippen LogP contribution in [0.2, 0.25) is 0 Å². The van der Waals surface area contributed by atoms with Gasteiger partial charge in [-0.05, 0) is 66.3 Å². The minimum absolute atomic E-state index is 0.236. The first-order valence-electron chi connectivity index (χ1n) is 14.1. The maximum atomic E-state index is 14.0. The minimum Gasteiger partial charge on any atom is -0.439 e. The fraction of sp³-hybridized carbons (Fsp3) is 0.400. The van der Waals surface area contributed by atoms with Gasteiger partial charge in [0.25, 0.3) is 0 Å². The Kier molecular flexibility index (Phi) is 7.80. The number of ether oxygens (including phenoxy) is 1. The summed E-state index contributed by atoms with van der Waals surface area (Å²) in [5.41, 5.74) is 3.93. The molecule has 0 spiro atoms. The molecule has 214 valence electrons. The lowest BCUT2D eigenvalue weighted by Gasteiger charge is -2.35. The number of hydrogen-bond donors (Lipinski definition) is 2. The summed E-state index contributed by atoms with van der Waals surface area (Å²) in [7, 11) is 0. The largest absolute Gasteiger partial charge is 0.439 e. The molecule has 0 atom stereocenters. The third-order valence-electron chi connectivity index (χ3n) is 7.83. The quantitative estimate of drug-likeness (QED) is 0.417. The Morgan fingerprint density at radius 1 is 0.976 bits per heavy atom. The minimum atomic E-state index is -0.574. The number of rotatable bonds is 8. The van der Waals surface area contributed by atoms with Crippen molar-refractivity contribution in [3.63, 3.8) is 0 Å². The summed E-state index contributed by atoms with van der Waals surface area (Å²) in [6.07, 6.45) is 4.63. The standard InChI is InChI=1S/C30H34FN7O3/c1-20(39)34-28-16-29(33-19-32-28)41-26-6-7-27-21(15-26)8-9-38(27)30(40)35-24-3-2-22(23(14-24)17-31)18-36-10-12-37(13-11-36)25-4-5-25/h2-3,6-7,14-16,19,25H,4-5,8-13,17-18H2,1H3,(H,35,40)(H,32,33,34,39). The van der Waals surface area contributed by atoms with Crippen LogP contribution in [0.4, 0.5) is 26.4 Å². The normalized spacial score (nSPS) is 17.3. The van der Waals surface area contributed by atoms with Crippen molar-refractivity contribution in [2.45, 2.75) is 45.4 Å². The van der Waals surface area contributed by atoms with Gasteiger partial charge in [-0.2, -0.15) is 0 Å². The molecule has 1 aromatic heterocycles. The van der Waals surface area contributed by atoms with Crippen molar-refractivity contribution >= 4 is 29.1 Å². The van der Waals surface area contributed by atoms with Gasteiger partial charge in [0.1, 0.15) is 24.6 Å². The van der Waals surface area contributed by atoms with Crippen molar-refractivity contribution in [2.75, 3.05) is 48.3 Å². The second-order valence-corrected chi connectivity index (χ2v) is 10.8. The molecule has 1 saturated heterocycles. The number of nitrogens with one attached hydrogen (secondary N) is 2. The van der Waals surface area contributed by atoms with Crippen LogP contribution in [0.3, 0.4) is 0 Å². The van der Waals surface area contributed by atoms with Gasteiger partial charge in [-0.15, -0.1) is 0 Å². The monoisotopic (exact) mass is 559 g/mol. The Morgan fingerprint density at radius 2 is 1.80 bits per heavy atom. The molecule has 11 heteroatoms. The number of fused-ring (bicyclic) bond motifs is 1. The molecular formula is C30H34FN7O3. The molecule has 1 aliphatic carbocycles. The zero-order valence-electron chi connectivity index (χ0n) is 23.1. The fourth-order valence-electron chi connectivity index (χ4n) is 5.56. The Balaban J connectivity index is 1.07. The Morgan fingerprint density at radius 3 is 2.56 bits per heavy atom. The van der Waals surface area contributed by atoms with Crippen molar-refractivity contribution in [1.82, 2.24) is 19.8 Å². The predicted octanol–water partition coefficient (Wildman–Crippen LogP) is 4.57. The molecule has 2 aromatic carbocycles. The van der Waals surface area contributed by atoms with E-state index in [0.717, 1.165) is 55.6 Å². The van der Waals surface area contributed by atoms with Crippen LogP contribution in [0.25, 0.3) is 0 Å². The summed E-state index contributed by atoms with van der Waals surface area (Å²) in [4.78, 5) is 39.2. The molecule has 3 aliphatic rings. The maximum absolute atomic E-state index is 14.0. The smallest absolute Gasteiger partial charge is 0.326 e. The highest BCUT2D eigenvalue weighted by atomic mass is 19.1. The lowest BCUT2D eigenvalue weighted by Crippen LogP contribution is -2.46. The summed E-state index contributed by atoms with van der Waals surface area (Å²) in [6, 6.07) is 13.1. The van der Waals surface area contributed by atoms with Gasteiger partial charge in [0.15, 0.2) is 0 Å². The van der Waals surface area contributed by atoms with Gasteiger partial charge in [-0.25, -0.2) is 19.2 Å². The average Bonchev–Trinajstić information content (AvgIpc) is 3.73. The van der Waals surface area contributed by atoms with Crippen molar-refractivity contribution in [3.05, 3.63) is 65.5 Å². The highest BCUT2D eigenvalue weighted by Gasteiger charge is 2.31. The van der Waals surface area contributed by atoms with E-state index >= 15 is 0 Å². The van der Waals surface area contributed by atoms with Crippen molar-refractivity contribution < 1.29 is 18.7 Å². The van der Waals surface area contributed by atoms with E-state index in [-0.39, 0.29) is 11.9 Å². The first-order chi connectivity index (χ1) is 19.9. The van der Waals surface area contributed by atoms with E-state index in [2.05, 4.69) is 30.4 Å². The molecular weight excluding hydrogens is 525 g/mol. The number of halogens is 1. The summed E-state index contributed by atoms with van der Waals surface area (Å²) in [5.74, 6) is 0.974. The summed E-state index contributed by atoms with van der Waals surface area (Å²) < 4.78 is 19.9. The van der Waals surface area contributed by atoms with Gasteiger partial charge in [0.05, 0.1) is 0 Å². The molecule has 2 fully saturated rings. The molecule has 3 amide bonds. The number of anilines is 3. The summed E-state index contributed by atoms with van der Waals surface area (Å²) in [5, 5.41) is 5.55. The second kappa shape index (κ2) is 11.8. The van der Waals surface area contributed by atoms with Gasteiger partial charge in [-0.1, -0.05) is 6.07 Å². The lowest BCUT2D eigenvalue weighted by molar-refractivity contribution is -0.114. The zero-order valence-corrected chi connectivity index (χ0v) is 23.1. The molecule has 2 aliphatic heterocycles. The van der Waals surface area contributed by atoms with E-state index in [1.165, 1.54) is 26.1 Å². The molecule has 3 heterocycles. The SMILES string of the molecule is CC(=O)Nc1cc(Oc2ccc3c(c2)CCN3C(=O)Nc2ccc(CN3CCN(C4CC4)CC3)c(CF)c2)ncn1. The number of carbonyl (C=O) groups excluding carboxylic acids is 2. The van der Waals surface area contributed by atoms with Crippen LogP contribution in [0.1, 0.15) is 36.5 Å². The van der Waals surface area contributed by atoms with Gasteiger partial charge in [-0.3, -0.25) is 19.5 Å². The number of benzene rings is 2. The van der Waals surface area contributed by atoms with Crippen LogP contribution in [0.5, 0.6) is 11.6 Å². The number of hydrogen-bond acceptors (Lipinski definition) is 7. The van der Waals surface area contributed by atoms with Crippen LogP contribution < -0.4 is 20.3 Å². The third-order valence-corrected chi connectivity index (χ3v) is 7.83. The number of alkyl halides is 1. The fourth-order valence-corrected chi connectivity index (χ4v) is 5.56. The molecule has 1 saturated carbocycles. The predicted molar refractivity (Wildman–Crippen MR) is 154 cm³/mol. The molecule has 6 rings (SSSR count). The van der Waals surface area contributed by atoms with Crippen LogP contribution >= 0.6 is 0 Å². The van der Waals surface area contributed by atoms with Crippen LogP contribution in [0.15, 0.2) is 48.8 Å². The van der Waals surface area contributed by atoms with Crippen molar-refractivity contribution in [3.8, 4) is 11.6 Å². The lowest BCUT2D eigenvalue weighted by atomic mass is 10.1. The zero-order chi connectivity index (χ0) is 28.3. The van der Waals surface area contributed by atoms with Gasteiger partial charge in [0, 0.05) is 69.7 Å². The highest BCUT2D eigenvalue weighted by Crippen LogP contribution is 2.34. The molecule has 41 heavy (non-hydrogen) atoms. The molecule has 3 aromatic rings. The molecule has 2 N–H and O–H groups in total. The molecule has 0 bridgehead atoms. The summed E-state index contributed by atoms with van der Waals surface area (Å²) >= 11 is 0. The summed E-state index contributed by atoms with van der Waals surface area (Å²) in [6.45, 7) is 6.22. The van der Waals surface area contributed by atoms with E-state index in [1.54, 1.807) is 23.1 Å². The van der Waals surface area contributed by atoms with Gasteiger partial charge >= 0.3 is 6.03 Å². The first-order valence-corrected chi connectivity index (χ1v) is 14.1. The Bertz CT molecular complexity index is 1440. The molecule has 10 nitrogen and oxygen atoms in total. The number of nitrogens with zero attached hydrogens (tertiary/aromatic N) is 5. The Hall–Kier alpha value is -4.09. The number of aromatic nitrogens is 2. The highest BCUT2D eigenvalue weighted by molar-refractivity contribution is 6.03. The molecule has 0 radical (unpaired) electrons. The van der Waals surface area contributed by atoms with Crippen molar-refractivity contribution in [2.24, 2.45) is 0 Å². The maximum Gasteiger partial charge on any atom is 0.326 e. The topological polar surface area (TPSA) is 103 Å². The van der Waals surface area contributed by atoms with Crippen LogP contribution in [0, 0.1) is 0 Å². The van der Waals surface area contributed by atoms with Crippen LogP contribution in [-0.2, 0) is 24.4 Å². The van der Waals surface area contributed by atoms with E-state index in [1.807, 2.05) is 24.3 Å². The second-order valence-electron chi connectivity index (χ2n) is 10.8. The number of carbonyl (C=O) groups is 2. The average molecular weight is 560 g/mol. The third kappa shape index (κ3) is 6.47. The van der Waals surface area contributed by atoms with Crippen molar-refractivity contribution in [1.29, 1.82) is 0 Å².